The van der Waals surface area contributed by atoms with Crippen molar-refractivity contribution in [1.29, 1.82) is 0 Å². The molecule has 0 aliphatic rings. The van der Waals surface area contributed by atoms with E-state index in [-0.39, 0.29) is 12.5 Å². The Balaban J connectivity index is 1.46. The Morgan fingerprint density at radius 2 is 2.04 bits per heavy atom. The molecule has 0 saturated carbocycles. The second kappa shape index (κ2) is 8.33. The van der Waals surface area contributed by atoms with E-state index in [1.807, 2.05) is 24.3 Å². The number of rotatable bonds is 7. The van der Waals surface area contributed by atoms with Gasteiger partial charge in [-0.1, -0.05) is 23.9 Å². The lowest BCUT2D eigenvalue weighted by Gasteiger charge is -2.12. The van der Waals surface area contributed by atoms with Crippen LogP contribution >= 0.6 is 23.1 Å². The number of fused-ring (bicyclic) bond motifs is 1. The van der Waals surface area contributed by atoms with Crippen LogP contribution in [0.2, 0.25) is 0 Å². The number of benzene rings is 2. The molecule has 0 bridgehead atoms. The summed E-state index contributed by atoms with van der Waals surface area (Å²) in [7, 11) is 0. The van der Waals surface area contributed by atoms with Crippen LogP contribution in [0.4, 0.5) is 5.69 Å². The number of amides is 1. The maximum Gasteiger partial charge on any atom is 0.221 e. The molecule has 1 amide bonds. The number of anilines is 1. The quantitative estimate of drug-likeness (QED) is 0.616. The molecule has 1 unspecified atom stereocenters. The molecule has 2 N–H and O–H groups in total. The van der Waals surface area contributed by atoms with Gasteiger partial charge in [-0.3, -0.25) is 4.79 Å². The number of aliphatic hydroxyl groups excluding tert-OH is 1. The largest absolute Gasteiger partial charge is 0.491 e. The number of ether oxygens (including phenoxy) is 1. The molecule has 0 aliphatic carbocycles. The molecule has 0 spiro atoms. The van der Waals surface area contributed by atoms with Gasteiger partial charge in [-0.15, -0.1) is 11.3 Å². The zero-order chi connectivity index (χ0) is 17.6. The van der Waals surface area contributed by atoms with Gasteiger partial charge >= 0.3 is 0 Å². The zero-order valence-electron chi connectivity index (χ0n) is 13.6. The van der Waals surface area contributed by atoms with Gasteiger partial charge in [-0.05, 0) is 36.4 Å². The van der Waals surface area contributed by atoms with Crippen LogP contribution in [0.15, 0.2) is 52.9 Å². The minimum atomic E-state index is -0.591. The highest BCUT2D eigenvalue weighted by atomic mass is 32.2. The Hall–Kier alpha value is -2.09. The zero-order valence-corrected chi connectivity index (χ0v) is 15.3. The second-order valence-electron chi connectivity index (χ2n) is 5.43. The number of nitrogens with zero attached hydrogens (tertiary/aromatic N) is 1. The number of aliphatic hydroxyl groups is 1. The number of hydrogen-bond acceptors (Lipinski definition) is 6. The van der Waals surface area contributed by atoms with Crippen LogP contribution in [0.5, 0.6) is 5.75 Å². The van der Waals surface area contributed by atoms with E-state index >= 15 is 0 Å². The standard InChI is InChI=1S/C18H18N2O3S2/c1-12(21)19-13-6-8-15(9-7-13)23-10-14(22)11-24-18-20-16-4-2-3-5-17(16)25-18/h2-9,14,22H,10-11H2,1H3,(H,19,21). The number of thioether (sulfide) groups is 1. The van der Waals surface area contributed by atoms with Crippen molar-refractivity contribution >= 4 is 44.9 Å². The summed E-state index contributed by atoms with van der Waals surface area (Å²) in [5.74, 6) is 1.05. The fourth-order valence-electron chi connectivity index (χ4n) is 2.16. The molecular formula is C18H18N2O3S2. The van der Waals surface area contributed by atoms with Gasteiger partial charge in [0.2, 0.25) is 5.91 Å². The van der Waals surface area contributed by atoms with E-state index in [2.05, 4.69) is 10.3 Å². The van der Waals surface area contributed by atoms with Crippen LogP contribution in [-0.2, 0) is 4.79 Å². The summed E-state index contributed by atoms with van der Waals surface area (Å²) in [6.07, 6.45) is -0.591. The Labute approximate surface area is 154 Å². The summed E-state index contributed by atoms with van der Waals surface area (Å²) >= 11 is 3.15. The molecule has 1 aromatic heterocycles. The van der Waals surface area contributed by atoms with Gasteiger partial charge in [0.15, 0.2) is 4.34 Å². The lowest BCUT2D eigenvalue weighted by atomic mass is 10.3. The van der Waals surface area contributed by atoms with E-state index in [0.29, 0.717) is 17.2 Å². The molecule has 1 atom stereocenters. The van der Waals surface area contributed by atoms with Crippen molar-refractivity contribution in [1.82, 2.24) is 4.98 Å². The minimum Gasteiger partial charge on any atom is -0.491 e. The molecule has 3 aromatic rings. The third kappa shape index (κ3) is 5.19. The molecule has 0 radical (unpaired) electrons. The first-order chi connectivity index (χ1) is 12.1. The number of carbonyl (C=O) groups is 1. The van der Waals surface area contributed by atoms with Crippen molar-refractivity contribution in [2.75, 3.05) is 17.7 Å². The maximum atomic E-state index is 11.0. The first kappa shape index (κ1) is 17.7. The lowest BCUT2D eigenvalue weighted by molar-refractivity contribution is -0.114. The second-order valence-corrected chi connectivity index (χ2v) is 7.73. The van der Waals surface area contributed by atoms with Crippen LogP contribution < -0.4 is 10.1 Å². The molecule has 7 heteroatoms. The maximum absolute atomic E-state index is 11.0. The molecule has 0 saturated heterocycles. The topological polar surface area (TPSA) is 71.5 Å². The number of aromatic nitrogens is 1. The van der Waals surface area contributed by atoms with Gasteiger partial charge in [0.1, 0.15) is 12.4 Å². The predicted molar refractivity (Wildman–Crippen MR) is 103 cm³/mol. The average molecular weight is 374 g/mol. The van der Waals surface area contributed by atoms with Gasteiger partial charge in [-0.25, -0.2) is 4.98 Å². The average Bonchev–Trinajstić information content (AvgIpc) is 3.02. The normalized spacial score (nSPS) is 12.1. The highest BCUT2D eigenvalue weighted by molar-refractivity contribution is 8.01. The van der Waals surface area contributed by atoms with Crippen molar-refractivity contribution in [2.45, 2.75) is 17.4 Å². The lowest BCUT2D eigenvalue weighted by Crippen LogP contribution is -2.20. The Morgan fingerprint density at radius 1 is 1.28 bits per heavy atom. The fraction of sp³-hybridized carbons (Fsp3) is 0.222. The molecular weight excluding hydrogens is 356 g/mol. The van der Waals surface area contributed by atoms with Gasteiger partial charge in [0, 0.05) is 18.4 Å². The Bertz CT molecular complexity index is 816. The molecule has 0 fully saturated rings. The molecule has 130 valence electrons. The number of nitrogens with one attached hydrogen (secondary N) is 1. The summed E-state index contributed by atoms with van der Waals surface area (Å²) in [6.45, 7) is 1.67. The van der Waals surface area contributed by atoms with E-state index in [1.54, 1.807) is 35.6 Å². The summed E-state index contributed by atoms with van der Waals surface area (Å²) < 4.78 is 7.67. The van der Waals surface area contributed by atoms with Crippen LogP contribution in [-0.4, -0.2) is 34.5 Å². The van der Waals surface area contributed by atoms with Gasteiger partial charge in [-0.2, -0.15) is 0 Å². The first-order valence-electron chi connectivity index (χ1n) is 7.77. The highest BCUT2D eigenvalue weighted by Gasteiger charge is 2.10. The van der Waals surface area contributed by atoms with Crippen molar-refractivity contribution in [3.8, 4) is 5.75 Å². The number of thiazole rings is 1. The van der Waals surface area contributed by atoms with Crippen LogP contribution in [0.25, 0.3) is 10.2 Å². The van der Waals surface area contributed by atoms with Gasteiger partial charge < -0.3 is 15.2 Å². The van der Waals surface area contributed by atoms with Crippen molar-refractivity contribution in [3.63, 3.8) is 0 Å². The Morgan fingerprint density at radius 3 is 2.76 bits per heavy atom. The van der Waals surface area contributed by atoms with Crippen LogP contribution in [0, 0.1) is 0 Å². The monoisotopic (exact) mass is 374 g/mol. The predicted octanol–water partition coefficient (Wildman–Crippen LogP) is 3.79. The summed E-state index contributed by atoms with van der Waals surface area (Å²) in [5.41, 5.74) is 1.70. The fourth-order valence-corrected chi connectivity index (χ4v) is 4.16. The van der Waals surface area contributed by atoms with Crippen molar-refractivity contribution < 1.29 is 14.6 Å². The summed E-state index contributed by atoms with van der Waals surface area (Å²) in [4.78, 5) is 15.5. The SMILES string of the molecule is CC(=O)Nc1ccc(OCC(O)CSc2nc3ccccc3s2)cc1. The summed E-state index contributed by atoms with van der Waals surface area (Å²) in [6, 6.07) is 15.0. The smallest absolute Gasteiger partial charge is 0.221 e. The number of carbonyl (C=O) groups excluding carboxylic acids is 1. The molecule has 0 aliphatic heterocycles. The Kier molecular flexibility index (Phi) is 5.91. The van der Waals surface area contributed by atoms with E-state index in [4.69, 9.17) is 4.74 Å². The third-order valence-corrected chi connectivity index (χ3v) is 5.61. The number of para-hydroxylation sites is 1. The number of hydrogen-bond donors (Lipinski definition) is 2. The summed E-state index contributed by atoms with van der Waals surface area (Å²) in [5, 5.41) is 12.8. The molecule has 2 aromatic carbocycles. The molecule has 25 heavy (non-hydrogen) atoms. The van der Waals surface area contributed by atoms with Gasteiger partial charge in [0.05, 0.1) is 16.3 Å². The minimum absolute atomic E-state index is 0.115. The van der Waals surface area contributed by atoms with Crippen molar-refractivity contribution in [3.05, 3.63) is 48.5 Å². The highest BCUT2D eigenvalue weighted by Crippen LogP contribution is 2.29. The van der Waals surface area contributed by atoms with Crippen molar-refractivity contribution in [2.24, 2.45) is 0 Å². The molecule has 3 rings (SSSR count). The van der Waals surface area contributed by atoms with E-state index in [1.165, 1.54) is 18.7 Å². The van der Waals surface area contributed by atoms with E-state index < -0.39 is 6.10 Å². The first-order valence-corrected chi connectivity index (χ1v) is 9.57. The van der Waals surface area contributed by atoms with Crippen LogP contribution in [0.3, 0.4) is 0 Å². The van der Waals surface area contributed by atoms with E-state index in [0.717, 1.165) is 14.6 Å². The third-order valence-electron chi connectivity index (χ3n) is 3.29. The molecule has 5 nitrogen and oxygen atoms in total. The molecule has 1 heterocycles. The van der Waals surface area contributed by atoms with Crippen LogP contribution in [0.1, 0.15) is 6.92 Å². The van der Waals surface area contributed by atoms with E-state index in [9.17, 15) is 9.90 Å². The van der Waals surface area contributed by atoms with Gasteiger partial charge in [0.25, 0.3) is 0 Å².